The van der Waals surface area contributed by atoms with Crippen molar-refractivity contribution in [2.24, 2.45) is 0 Å². The van der Waals surface area contributed by atoms with Crippen molar-refractivity contribution < 1.29 is 19.7 Å². The van der Waals surface area contributed by atoms with Crippen LogP contribution in [0.1, 0.15) is 11.3 Å². The first-order valence-electron chi connectivity index (χ1n) is 8.83. The molecular weight excluding hydrogens is 489 g/mol. The van der Waals surface area contributed by atoms with E-state index in [1.807, 2.05) is 30.3 Å². The number of anilines is 1. The van der Waals surface area contributed by atoms with Crippen LogP contribution in [0.4, 0.5) is 5.82 Å². The summed E-state index contributed by atoms with van der Waals surface area (Å²) in [5.41, 5.74) is 5.87. The molecule has 1 fully saturated rings. The van der Waals surface area contributed by atoms with Crippen LogP contribution in [0.2, 0.25) is 0 Å². The summed E-state index contributed by atoms with van der Waals surface area (Å²) in [4.78, 5) is 3.97. The summed E-state index contributed by atoms with van der Waals surface area (Å²) < 4.78 is 13.9. The molecule has 0 spiro atoms. The minimum absolute atomic E-state index is 0.200. The molecular formula is C19H18IN5O4. The quantitative estimate of drug-likeness (QED) is 0.435. The van der Waals surface area contributed by atoms with Gasteiger partial charge in [0.25, 0.3) is 0 Å². The highest BCUT2D eigenvalue weighted by Crippen LogP contribution is 2.42. The van der Waals surface area contributed by atoms with E-state index < -0.39 is 30.5 Å². The highest BCUT2D eigenvalue weighted by atomic mass is 127. The van der Waals surface area contributed by atoms with E-state index >= 15 is 0 Å². The Balaban J connectivity index is 1.73. The Morgan fingerprint density at radius 2 is 2.14 bits per heavy atom. The van der Waals surface area contributed by atoms with E-state index in [0.29, 0.717) is 14.8 Å². The number of benzene rings is 1. The molecule has 4 rings (SSSR count). The van der Waals surface area contributed by atoms with Crippen molar-refractivity contribution in [1.82, 2.24) is 14.6 Å². The van der Waals surface area contributed by atoms with Crippen LogP contribution >= 0.6 is 22.6 Å². The van der Waals surface area contributed by atoms with Crippen LogP contribution in [0.15, 0.2) is 42.7 Å². The molecule has 0 bridgehead atoms. The smallest absolute Gasteiger partial charge is 0.225 e. The van der Waals surface area contributed by atoms with Gasteiger partial charge in [0, 0.05) is 3.57 Å². The number of hydrogen-bond acceptors (Lipinski definition) is 8. The van der Waals surface area contributed by atoms with E-state index in [1.54, 1.807) is 6.07 Å². The Bertz CT molecular complexity index is 1070. The molecule has 2 aromatic heterocycles. The molecule has 3 heterocycles. The van der Waals surface area contributed by atoms with Gasteiger partial charge < -0.3 is 25.4 Å². The monoisotopic (exact) mass is 507 g/mol. The van der Waals surface area contributed by atoms with Crippen molar-refractivity contribution in [3.63, 3.8) is 0 Å². The minimum atomic E-state index is -1.79. The highest BCUT2D eigenvalue weighted by Gasteiger charge is 2.58. The van der Waals surface area contributed by atoms with E-state index in [-0.39, 0.29) is 12.4 Å². The normalized spacial score (nSPS) is 26.6. The van der Waals surface area contributed by atoms with Crippen molar-refractivity contribution in [2.45, 2.75) is 30.5 Å². The van der Waals surface area contributed by atoms with Crippen molar-refractivity contribution in [3.8, 4) is 6.07 Å². The Labute approximate surface area is 179 Å². The maximum Gasteiger partial charge on any atom is 0.225 e. The molecule has 1 saturated heterocycles. The second-order valence-corrected chi connectivity index (χ2v) is 7.84. The van der Waals surface area contributed by atoms with Crippen molar-refractivity contribution >= 4 is 33.9 Å². The molecule has 0 aliphatic carbocycles. The Hall–Kier alpha value is -2.30. The lowest BCUT2D eigenvalue weighted by Gasteiger charge is -2.25. The number of hydrogen-bond donors (Lipinski definition) is 3. The fourth-order valence-corrected chi connectivity index (χ4v) is 4.37. The van der Waals surface area contributed by atoms with Crippen LogP contribution < -0.4 is 5.73 Å². The zero-order chi connectivity index (χ0) is 20.6. The lowest BCUT2D eigenvalue weighted by atomic mass is 9.92. The number of aliphatic hydroxyl groups is 2. The van der Waals surface area contributed by atoms with Crippen molar-refractivity contribution in [2.75, 3.05) is 12.3 Å². The molecule has 1 aliphatic rings. The largest absolute Gasteiger partial charge is 0.394 e. The van der Waals surface area contributed by atoms with Crippen LogP contribution in [0.25, 0.3) is 5.52 Å². The van der Waals surface area contributed by atoms with E-state index in [4.69, 9.17) is 15.2 Å². The van der Waals surface area contributed by atoms with Gasteiger partial charge in [0.2, 0.25) is 5.60 Å². The van der Waals surface area contributed by atoms with Gasteiger partial charge in [0.1, 0.15) is 36.2 Å². The molecule has 0 radical (unpaired) electrons. The van der Waals surface area contributed by atoms with Crippen LogP contribution in [-0.2, 0) is 21.7 Å². The summed E-state index contributed by atoms with van der Waals surface area (Å²) in [7, 11) is 0. The molecule has 1 aliphatic heterocycles. The number of rotatable bonds is 5. The predicted molar refractivity (Wildman–Crippen MR) is 110 cm³/mol. The summed E-state index contributed by atoms with van der Waals surface area (Å²) in [6, 6.07) is 13.2. The molecule has 29 heavy (non-hydrogen) atoms. The zero-order valence-corrected chi connectivity index (χ0v) is 17.3. The van der Waals surface area contributed by atoms with Gasteiger partial charge in [0.15, 0.2) is 5.82 Å². The number of nitriles is 1. The third-order valence-corrected chi connectivity index (χ3v) is 5.80. The Morgan fingerprint density at radius 3 is 2.83 bits per heavy atom. The Kier molecular flexibility index (Phi) is 5.41. The number of aliphatic hydroxyl groups excluding tert-OH is 2. The standard InChI is InChI=1S/C19H18IN5O4/c20-12-6-14(25-15(12)18(22)23-10-24-25)19(9-21)17(27)16(13(7-26)29-19)28-8-11-4-2-1-3-5-11/h1-6,10,13,16-17,26-27H,7-8H2,(H2,22,23,24)/t13-,16-,17-,19+/m1/s1. The SMILES string of the molecule is N#C[C@@]1(c2cc(I)c3c(N)ncnn23)O[C@H](CO)[C@@H](OCc2ccccc2)[C@H]1O. The number of nitrogens with two attached hydrogens (primary N) is 1. The lowest BCUT2D eigenvalue weighted by molar-refractivity contribution is -0.0701. The number of nitrogen functional groups attached to an aromatic ring is 1. The molecule has 3 aromatic rings. The van der Waals surface area contributed by atoms with Crippen molar-refractivity contribution in [3.05, 3.63) is 57.6 Å². The average molecular weight is 507 g/mol. The maximum atomic E-state index is 11.1. The lowest BCUT2D eigenvalue weighted by Crippen LogP contribution is -2.42. The number of aromatic nitrogens is 3. The van der Waals surface area contributed by atoms with E-state index in [2.05, 4.69) is 38.7 Å². The fourth-order valence-electron chi connectivity index (χ4n) is 3.57. The van der Waals surface area contributed by atoms with Gasteiger partial charge in [-0.25, -0.2) is 9.50 Å². The fraction of sp³-hybridized carbons (Fsp3) is 0.316. The van der Waals surface area contributed by atoms with E-state index in [1.165, 1.54) is 10.8 Å². The molecule has 1 aromatic carbocycles. The maximum absolute atomic E-state index is 11.1. The molecule has 150 valence electrons. The predicted octanol–water partition coefficient (Wildman–Crippen LogP) is 0.972. The van der Waals surface area contributed by atoms with E-state index in [0.717, 1.165) is 5.56 Å². The van der Waals surface area contributed by atoms with Gasteiger partial charge in [0.05, 0.1) is 18.9 Å². The molecule has 10 heteroatoms. The van der Waals surface area contributed by atoms with Gasteiger partial charge in [-0.2, -0.15) is 10.4 Å². The summed E-state index contributed by atoms with van der Waals surface area (Å²) in [6.07, 6.45) is -1.90. The van der Waals surface area contributed by atoms with Crippen LogP contribution in [0, 0.1) is 14.9 Å². The van der Waals surface area contributed by atoms with Gasteiger partial charge in [-0.3, -0.25) is 0 Å². The van der Waals surface area contributed by atoms with Gasteiger partial charge in [-0.15, -0.1) is 0 Å². The summed E-state index contributed by atoms with van der Waals surface area (Å²) >= 11 is 2.06. The Morgan fingerprint density at radius 1 is 1.38 bits per heavy atom. The van der Waals surface area contributed by atoms with Gasteiger partial charge >= 0.3 is 0 Å². The van der Waals surface area contributed by atoms with Gasteiger partial charge in [-0.05, 0) is 34.2 Å². The first-order chi connectivity index (χ1) is 14.0. The average Bonchev–Trinajstić information content (AvgIpc) is 3.23. The van der Waals surface area contributed by atoms with Crippen LogP contribution in [-0.4, -0.2) is 49.7 Å². The molecule has 4 N–H and O–H groups in total. The minimum Gasteiger partial charge on any atom is -0.394 e. The molecule has 4 atom stereocenters. The first-order valence-corrected chi connectivity index (χ1v) is 9.91. The molecule has 0 amide bonds. The van der Waals surface area contributed by atoms with Crippen molar-refractivity contribution in [1.29, 1.82) is 5.26 Å². The number of fused-ring (bicyclic) bond motifs is 1. The summed E-state index contributed by atoms with van der Waals surface area (Å²) in [5.74, 6) is 0.242. The summed E-state index contributed by atoms with van der Waals surface area (Å²) in [6.45, 7) is -0.219. The molecule has 0 unspecified atom stereocenters. The summed E-state index contributed by atoms with van der Waals surface area (Å²) in [5, 5.41) is 35.1. The topological polar surface area (TPSA) is 139 Å². The third-order valence-electron chi connectivity index (χ3n) is 4.98. The first kappa shape index (κ1) is 20.0. The van der Waals surface area contributed by atoms with E-state index in [9.17, 15) is 15.5 Å². The zero-order valence-electron chi connectivity index (χ0n) is 15.1. The van der Waals surface area contributed by atoms with Crippen LogP contribution in [0.3, 0.4) is 0 Å². The second kappa shape index (κ2) is 7.85. The van der Waals surface area contributed by atoms with Gasteiger partial charge in [-0.1, -0.05) is 30.3 Å². The molecule has 9 nitrogen and oxygen atoms in total. The number of halogens is 1. The number of nitrogens with zero attached hydrogens (tertiary/aromatic N) is 4. The second-order valence-electron chi connectivity index (χ2n) is 6.68. The number of ether oxygens (including phenoxy) is 2. The highest BCUT2D eigenvalue weighted by molar-refractivity contribution is 14.1. The third kappa shape index (κ3) is 3.24. The van der Waals surface area contributed by atoms with Crippen LogP contribution in [0.5, 0.6) is 0 Å². The molecule has 0 saturated carbocycles.